The zero-order valence-electron chi connectivity index (χ0n) is 16.2. The minimum atomic E-state index is -4.32. The van der Waals surface area contributed by atoms with Crippen LogP contribution in [0, 0.1) is 0 Å². The molecule has 0 atom stereocenters. The maximum Gasteiger partial charge on any atom is 0.328 e. The van der Waals surface area contributed by atoms with Crippen LogP contribution in [0.25, 0.3) is 29.4 Å². The molecule has 0 saturated carbocycles. The minimum Gasteiger partial charge on any atom is -0.295 e. The summed E-state index contributed by atoms with van der Waals surface area (Å²) in [4.78, 5) is 24.7. The van der Waals surface area contributed by atoms with Gasteiger partial charge in [-0.05, 0) is 48.0 Å². The van der Waals surface area contributed by atoms with Gasteiger partial charge in [0.25, 0.3) is 15.7 Å². The molecule has 0 saturated heterocycles. The number of benzene rings is 2. The number of aromatic amines is 1. The van der Waals surface area contributed by atoms with E-state index < -0.39 is 10.1 Å². The fourth-order valence-electron chi connectivity index (χ4n) is 3.37. The second-order valence-electron chi connectivity index (χ2n) is 6.91. The molecule has 0 amide bonds. The van der Waals surface area contributed by atoms with Gasteiger partial charge in [0.1, 0.15) is 0 Å². The first-order valence-corrected chi connectivity index (χ1v) is 10.3. The van der Waals surface area contributed by atoms with Crippen LogP contribution in [0.15, 0.2) is 56.9 Å². The zero-order chi connectivity index (χ0) is 21.8. The molecule has 0 spiro atoms. The number of rotatable bonds is 3. The number of hydrogen-bond donors (Lipinski definition) is 2. The van der Waals surface area contributed by atoms with Crippen LogP contribution in [0.4, 0.5) is 0 Å². The highest BCUT2D eigenvalue weighted by atomic mass is 32.2. The summed E-state index contributed by atoms with van der Waals surface area (Å²) in [5.74, 6) is 0. The van der Waals surface area contributed by atoms with Crippen LogP contribution < -0.4 is 21.8 Å². The summed E-state index contributed by atoms with van der Waals surface area (Å²) in [5, 5.41) is 3.56. The molecule has 2 N–H and O–H groups in total. The second kappa shape index (κ2) is 6.71. The Bertz CT molecular complexity index is 1630. The van der Waals surface area contributed by atoms with Crippen LogP contribution >= 0.6 is 0 Å². The van der Waals surface area contributed by atoms with Gasteiger partial charge in [-0.2, -0.15) is 8.42 Å². The van der Waals surface area contributed by atoms with E-state index in [-0.39, 0.29) is 16.1 Å². The summed E-state index contributed by atoms with van der Waals surface area (Å²) in [7, 11) is -0.944. The number of fused-ring (bicyclic) bond motifs is 1. The first-order chi connectivity index (χ1) is 14.1. The van der Waals surface area contributed by atoms with Crippen molar-refractivity contribution in [3.63, 3.8) is 0 Å². The van der Waals surface area contributed by atoms with Gasteiger partial charge in [0, 0.05) is 14.1 Å². The maximum atomic E-state index is 12.9. The van der Waals surface area contributed by atoms with Crippen LogP contribution in [0.5, 0.6) is 0 Å². The summed E-state index contributed by atoms with van der Waals surface area (Å²) < 4.78 is 35.8. The summed E-state index contributed by atoms with van der Waals surface area (Å²) in [6.07, 6.45) is 1.67. The van der Waals surface area contributed by atoms with Crippen molar-refractivity contribution in [2.24, 2.45) is 14.1 Å². The average Bonchev–Trinajstić information content (AvgIpc) is 3.10. The molecule has 0 fully saturated rings. The molecule has 0 bridgehead atoms. The first kappa shape index (κ1) is 19.7. The van der Waals surface area contributed by atoms with Gasteiger partial charge >= 0.3 is 5.69 Å². The molecule has 4 aromatic rings. The molecular formula is C20H18N4O5S. The Hall–Kier alpha value is -3.63. The van der Waals surface area contributed by atoms with Crippen LogP contribution in [0.1, 0.15) is 5.56 Å². The third-order valence-corrected chi connectivity index (χ3v) is 5.87. The van der Waals surface area contributed by atoms with Gasteiger partial charge in [-0.25, -0.2) is 9.48 Å². The quantitative estimate of drug-likeness (QED) is 0.442. The highest BCUT2D eigenvalue weighted by Gasteiger charge is 2.11. The smallest absolute Gasteiger partial charge is 0.295 e. The number of nitrogens with one attached hydrogen (secondary N) is 1. The third-order valence-electron chi connectivity index (χ3n) is 5.01. The normalized spacial score (nSPS) is 12.7. The van der Waals surface area contributed by atoms with Crippen molar-refractivity contribution in [3.05, 3.63) is 79.4 Å². The topological polar surface area (TPSA) is 119 Å². The van der Waals surface area contributed by atoms with E-state index in [0.29, 0.717) is 16.3 Å². The SMILES string of the molecule is C=c1[nH]n(-c2ccc(S(=O)(=O)O)cc2)c(=O)/c1=C/c1ccc2c(c1)n(C)c(=O)n2C. The Morgan fingerprint density at radius 3 is 2.27 bits per heavy atom. The van der Waals surface area contributed by atoms with Crippen molar-refractivity contribution < 1.29 is 13.0 Å². The fourth-order valence-corrected chi connectivity index (χ4v) is 3.85. The number of H-pyrrole nitrogens is 1. The standard InChI is InChI=1S/C20H18N4O5S/c1-12-16(10-13-4-9-17-18(11-13)23(3)20(26)22(17)2)19(25)24(21-12)14-5-7-15(8-6-14)30(27,28)29/h4-11,21H,1H2,2-3H3,(H,27,28,29)/b16-10+. The molecule has 2 aromatic heterocycles. The lowest BCUT2D eigenvalue weighted by Crippen LogP contribution is -2.33. The largest absolute Gasteiger partial charge is 0.328 e. The predicted octanol–water partition coefficient (Wildman–Crippen LogP) is -0.158. The first-order valence-electron chi connectivity index (χ1n) is 8.83. The van der Waals surface area contributed by atoms with Gasteiger partial charge in [0.05, 0.1) is 32.2 Å². The number of aryl methyl sites for hydroxylation is 2. The predicted molar refractivity (Wildman–Crippen MR) is 113 cm³/mol. The Labute approximate surface area is 170 Å². The molecule has 0 aliphatic heterocycles. The maximum absolute atomic E-state index is 12.9. The molecule has 2 aromatic carbocycles. The monoisotopic (exact) mass is 426 g/mol. The van der Waals surface area contributed by atoms with E-state index in [1.54, 1.807) is 30.8 Å². The van der Waals surface area contributed by atoms with Crippen molar-refractivity contribution in [2.45, 2.75) is 4.90 Å². The summed E-state index contributed by atoms with van der Waals surface area (Å²) >= 11 is 0. The lowest BCUT2D eigenvalue weighted by atomic mass is 10.1. The molecule has 0 unspecified atom stereocenters. The lowest BCUT2D eigenvalue weighted by Gasteiger charge is -2.02. The Morgan fingerprint density at radius 2 is 1.63 bits per heavy atom. The van der Waals surface area contributed by atoms with Gasteiger partial charge in [-0.1, -0.05) is 12.6 Å². The molecule has 154 valence electrons. The molecule has 0 aliphatic rings. The molecule has 4 rings (SSSR count). The molecule has 30 heavy (non-hydrogen) atoms. The van der Waals surface area contributed by atoms with Crippen LogP contribution in [0.2, 0.25) is 0 Å². The van der Waals surface area contributed by atoms with Crippen molar-refractivity contribution in [1.82, 2.24) is 18.9 Å². The van der Waals surface area contributed by atoms with Crippen LogP contribution in [-0.4, -0.2) is 31.9 Å². The molecule has 0 radical (unpaired) electrons. The highest BCUT2D eigenvalue weighted by molar-refractivity contribution is 7.85. The van der Waals surface area contributed by atoms with Crippen LogP contribution in [0.3, 0.4) is 0 Å². The Morgan fingerprint density at radius 1 is 1.00 bits per heavy atom. The van der Waals surface area contributed by atoms with E-state index in [1.165, 1.54) is 33.5 Å². The fraction of sp³-hybridized carbons (Fsp3) is 0.100. The number of imidazole rings is 1. The van der Waals surface area contributed by atoms with E-state index in [2.05, 4.69) is 11.7 Å². The zero-order valence-corrected chi connectivity index (χ0v) is 17.0. The lowest BCUT2D eigenvalue weighted by molar-refractivity contribution is 0.483. The molecule has 2 heterocycles. The van der Waals surface area contributed by atoms with E-state index in [9.17, 15) is 18.0 Å². The second-order valence-corrected chi connectivity index (χ2v) is 8.33. The van der Waals surface area contributed by atoms with E-state index in [1.807, 2.05) is 12.1 Å². The Kier molecular flexibility index (Phi) is 4.40. The van der Waals surface area contributed by atoms with Crippen LogP contribution in [-0.2, 0) is 24.2 Å². The van der Waals surface area contributed by atoms with E-state index in [0.717, 1.165) is 16.6 Å². The van der Waals surface area contributed by atoms with Crippen molar-refractivity contribution >= 4 is 33.8 Å². The average molecular weight is 426 g/mol. The van der Waals surface area contributed by atoms with E-state index >= 15 is 0 Å². The Balaban J connectivity index is 1.85. The van der Waals surface area contributed by atoms with E-state index in [4.69, 9.17) is 4.55 Å². The number of aromatic nitrogens is 4. The van der Waals surface area contributed by atoms with Gasteiger partial charge in [-0.3, -0.25) is 23.6 Å². The summed E-state index contributed by atoms with van der Waals surface area (Å²) in [6.45, 7) is 3.88. The number of hydrogen-bond acceptors (Lipinski definition) is 4. The molecular weight excluding hydrogens is 408 g/mol. The van der Waals surface area contributed by atoms with Gasteiger partial charge in [0.15, 0.2) is 0 Å². The molecule has 10 heteroatoms. The number of nitrogens with zero attached hydrogens (tertiary/aromatic N) is 3. The molecule has 9 nitrogen and oxygen atoms in total. The summed E-state index contributed by atoms with van der Waals surface area (Å²) in [6, 6.07) is 10.6. The van der Waals surface area contributed by atoms with Crippen molar-refractivity contribution in [2.75, 3.05) is 0 Å². The van der Waals surface area contributed by atoms with Gasteiger partial charge < -0.3 is 0 Å². The van der Waals surface area contributed by atoms with Crippen molar-refractivity contribution in [1.29, 1.82) is 0 Å². The highest BCUT2D eigenvalue weighted by Crippen LogP contribution is 2.14. The van der Waals surface area contributed by atoms with Crippen molar-refractivity contribution in [3.8, 4) is 5.69 Å². The summed E-state index contributed by atoms with van der Waals surface area (Å²) in [5.41, 5.74) is 2.11. The minimum absolute atomic E-state index is 0.141. The third kappa shape index (κ3) is 3.11. The van der Waals surface area contributed by atoms with Gasteiger partial charge in [0.2, 0.25) is 0 Å². The molecule has 0 aliphatic carbocycles. The van der Waals surface area contributed by atoms with Gasteiger partial charge in [-0.15, -0.1) is 0 Å².